The summed E-state index contributed by atoms with van der Waals surface area (Å²) in [4.78, 5) is 30.6. The molecule has 2 aromatic carbocycles. The summed E-state index contributed by atoms with van der Waals surface area (Å²) in [5.74, 6) is 0.246. The van der Waals surface area contributed by atoms with Crippen molar-refractivity contribution < 1.29 is 9.59 Å². The van der Waals surface area contributed by atoms with E-state index in [4.69, 9.17) is 0 Å². The highest BCUT2D eigenvalue weighted by Gasteiger charge is 2.17. The molecule has 0 unspecified atom stereocenters. The second-order valence-corrected chi connectivity index (χ2v) is 7.56. The van der Waals surface area contributed by atoms with Crippen molar-refractivity contribution in [1.29, 1.82) is 0 Å². The number of hydrogen-bond donors (Lipinski definition) is 0. The second-order valence-electron chi connectivity index (χ2n) is 6.72. The zero-order valence-corrected chi connectivity index (χ0v) is 16.9. The van der Waals surface area contributed by atoms with Crippen LogP contribution in [0.25, 0.3) is 6.08 Å². The minimum atomic E-state index is -0.114. The van der Waals surface area contributed by atoms with Crippen molar-refractivity contribution in [2.24, 2.45) is 0 Å². The number of anilines is 2. The van der Waals surface area contributed by atoms with Crippen molar-refractivity contribution >= 4 is 39.9 Å². The molecule has 0 saturated carbocycles. The maximum Gasteiger partial charge on any atom is 0.230 e. The molecule has 3 aromatic rings. The fourth-order valence-electron chi connectivity index (χ4n) is 2.75. The van der Waals surface area contributed by atoms with Crippen LogP contribution in [0.4, 0.5) is 10.8 Å². The van der Waals surface area contributed by atoms with E-state index in [0.717, 1.165) is 5.69 Å². The largest absolute Gasteiger partial charge is 0.289 e. The third kappa shape index (κ3) is 4.61. The van der Waals surface area contributed by atoms with Gasteiger partial charge in [-0.2, -0.15) is 0 Å². The van der Waals surface area contributed by atoms with E-state index < -0.39 is 0 Å². The number of carbonyl (C=O) groups excluding carboxylic acids is 2. The molecule has 0 fully saturated rings. The van der Waals surface area contributed by atoms with Crippen LogP contribution < -0.4 is 4.90 Å². The van der Waals surface area contributed by atoms with E-state index in [-0.39, 0.29) is 11.7 Å². The minimum Gasteiger partial charge on any atom is -0.289 e. The highest BCUT2D eigenvalue weighted by atomic mass is 32.1. The van der Waals surface area contributed by atoms with Crippen LogP contribution in [0.5, 0.6) is 0 Å². The predicted octanol–water partition coefficient (Wildman–Crippen LogP) is 5.85. The third-order valence-electron chi connectivity index (χ3n) is 4.30. The number of aromatic nitrogens is 1. The molecule has 3 rings (SSSR count). The lowest BCUT2D eigenvalue weighted by atomic mass is 10.0. The van der Waals surface area contributed by atoms with E-state index in [2.05, 4.69) is 18.8 Å². The van der Waals surface area contributed by atoms with Crippen LogP contribution in [-0.4, -0.2) is 16.7 Å². The van der Waals surface area contributed by atoms with E-state index in [1.165, 1.54) is 29.9 Å². The summed E-state index contributed by atoms with van der Waals surface area (Å²) in [6.45, 7) is 5.75. The number of thiazole rings is 1. The average Bonchev–Trinajstić information content (AvgIpc) is 3.15. The van der Waals surface area contributed by atoms with Gasteiger partial charge >= 0.3 is 0 Å². The topological polar surface area (TPSA) is 50.3 Å². The number of benzene rings is 2. The van der Waals surface area contributed by atoms with E-state index in [1.807, 2.05) is 60.0 Å². The highest BCUT2D eigenvalue weighted by molar-refractivity contribution is 7.14. The molecule has 142 valence electrons. The molecular formula is C23H22N2O2S. The van der Waals surface area contributed by atoms with Gasteiger partial charge in [0, 0.05) is 17.9 Å². The first kappa shape index (κ1) is 19.7. The minimum absolute atomic E-state index is 0.0728. The Morgan fingerprint density at radius 3 is 2.32 bits per heavy atom. The number of hydrogen-bond acceptors (Lipinski definition) is 4. The summed E-state index contributed by atoms with van der Waals surface area (Å²) in [6, 6.07) is 17.0. The molecule has 1 heterocycles. The fraction of sp³-hybridized carbons (Fsp3) is 0.174. The highest BCUT2D eigenvalue weighted by Crippen LogP contribution is 2.29. The predicted molar refractivity (Wildman–Crippen MR) is 115 cm³/mol. The van der Waals surface area contributed by atoms with Crippen molar-refractivity contribution in [3.63, 3.8) is 0 Å². The van der Waals surface area contributed by atoms with Gasteiger partial charge in [-0.3, -0.25) is 14.5 Å². The number of nitrogens with zero attached hydrogens (tertiary/aromatic N) is 2. The summed E-state index contributed by atoms with van der Waals surface area (Å²) in [6.07, 6.45) is 3.20. The van der Waals surface area contributed by atoms with Crippen molar-refractivity contribution in [3.8, 4) is 0 Å². The van der Waals surface area contributed by atoms with Crippen LogP contribution in [0, 0.1) is 0 Å². The molecule has 0 atom stereocenters. The smallest absolute Gasteiger partial charge is 0.230 e. The summed E-state index contributed by atoms with van der Waals surface area (Å²) in [7, 11) is 0. The summed E-state index contributed by atoms with van der Waals surface area (Å²) in [5.41, 5.74) is 3.26. The molecule has 0 bridgehead atoms. The van der Waals surface area contributed by atoms with Gasteiger partial charge in [0.05, 0.1) is 11.4 Å². The van der Waals surface area contributed by atoms with Gasteiger partial charge in [0.15, 0.2) is 10.9 Å². The zero-order valence-electron chi connectivity index (χ0n) is 16.1. The van der Waals surface area contributed by atoms with Crippen LogP contribution in [-0.2, 0) is 4.79 Å². The van der Waals surface area contributed by atoms with Crippen molar-refractivity contribution in [2.75, 3.05) is 4.90 Å². The van der Waals surface area contributed by atoms with E-state index in [1.54, 1.807) is 11.0 Å². The lowest BCUT2D eigenvalue weighted by Crippen LogP contribution is -2.22. The number of allylic oxidation sites excluding steroid dienone is 1. The van der Waals surface area contributed by atoms with Gasteiger partial charge in [0.2, 0.25) is 5.91 Å². The molecule has 0 aliphatic carbocycles. The molecule has 1 aromatic heterocycles. The van der Waals surface area contributed by atoms with Crippen molar-refractivity contribution in [1.82, 2.24) is 4.98 Å². The fourth-order valence-corrected chi connectivity index (χ4v) is 3.60. The average molecular weight is 391 g/mol. The number of para-hydroxylation sites is 1. The SMILES string of the molecule is CC(=O)N(c1ccccc1)c1nc(/C=C/C(=O)c2ccc(C(C)C)cc2)cs1. The monoisotopic (exact) mass is 390 g/mol. The molecule has 5 heteroatoms. The Bertz CT molecular complexity index is 989. The van der Waals surface area contributed by atoms with Gasteiger partial charge in [0.1, 0.15) is 0 Å². The number of amides is 1. The van der Waals surface area contributed by atoms with Gasteiger partial charge in [-0.1, -0.05) is 56.3 Å². The zero-order chi connectivity index (χ0) is 20.1. The van der Waals surface area contributed by atoms with Crippen molar-refractivity contribution in [3.05, 3.63) is 82.9 Å². The molecule has 4 nitrogen and oxygen atoms in total. The summed E-state index contributed by atoms with van der Waals surface area (Å²) >= 11 is 1.36. The molecule has 1 amide bonds. The standard InChI is InChI=1S/C23H22N2O2S/c1-16(2)18-9-11-19(12-10-18)22(27)14-13-20-15-28-23(24-20)25(17(3)26)21-7-5-4-6-8-21/h4-16H,1-3H3/b14-13+. The first-order chi connectivity index (χ1) is 13.5. The molecule has 0 saturated heterocycles. The van der Waals surface area contributed by atoms with Gasteiger partial charge < -0.3 is 0 Å². The number of rotatable bonds is 6. The number of carbonyl (C=O) groups is 2. The van der Waals surface area contributed by atoms with Gasteiger partial charge in [-0.15, -0.1) is 11.3 Å². The maximum absolute atomic E-state index is 12.4. The Kier molecular flexibility index (Phi) is 6.16. The van der Waals surface area contributed by atoms with Crippen LogP contribution in [0.2, 0.25) is 0 Å². The Labute approximate surface area is 169 Å². The van der Waals surface area contributed by atoms with Crippen LogP contribution in [0.1, 0.15) is 48.3 Å². The Balaban J connectivity index is 1.76. The second kappa shape index (κ2) is 8.76. The molecule has 0 radical (unpaired) electrons. The molecular weight excluding hydrogens is 368 g/mol. The number of ketones is 1. The molecule has 0 spiro atoms. The Hall–Kier alpha value is -3.05. The lowest BCUT2D eigenvalue weighted by molar-refractivity contribution is -0.115. The lowest BCUT2D eigenvalue weighted by Gasteiger charge is -2.17. The van der Waals surface area contributed by atoms with E-state index in [9.17, 15) is 9.59 Å². The molecule has 0 aliphatic heterocycles. The quantitative estimate of drug-likeness (QED) is 0.392. The van der Waals surface area contributed by atoms with Crippen LogP contribution >= 0.6 is 11.3 Å². The van der Waals surface area contributed by atoms with E-state index in [0.29, 0.717) is 22.3 Å². The summed E-state index contributed by atoms with van der Waals surface area (Å²) in [5, 5.41) is 2.41. The van der Waals surface area contributed by atoms with Crippen molar-refractivity contribution in [2.45, 2.75) is 26.7 Å². The molecule has 28 heavy (non-hydrogen) atoms. The summed E-state index contributed by atoms with van der Waals surface area (Å²) < 4.78 is 0. The van der Waals surface area contributed by atoms with Gasteiger partial charge in [0.25, 0.3) is 0 Å². The first-order valence-corrected chi connectivity index (χ1v) is 9.97. The molecule has 0 N–H and O–H groups in total. The van der Waals surface area contributed by atoms with Crippen LogP contribution in [0.15, 0.2) is 66.1 Å². The Morgan fingerprint density at radius 2 is 1.71 bits per heavy atom. The van der Waals surface area contributed by atoms with Gasteiger partial charge in [-0.05, 0) is 35.8 Å². The van der Waals surface area contributed by atoms with E-state index >= 15 is 0 Å². The third-order valence-corrected chi connectivity index (χ3v) is 5.14. The maximum atomic E-state index is 12.4. The first-order valence-electron chi connectivity index (χ1n) is 9.09. The van der Waals surface area contributed by atoms with Crippen LogP contribution in [0.3, 0.4) is 0 Å². The molecule has 0 aliphatic rings. The normalized spacial score (nSPS) is 11.1. The van der Waals surface area contributed by atoms with Gasteiger partial charge in [-0.25, -0.2) is 4.98 Å². The Morgan fingerprint density at radius 1 is 1.04 bits per heavy atom.